The van der Waals surface area contributed by atoms with Crippen LogP contribution in [0.2, 0.25) is 0 Å². The van der Waals surface area contributed by atoms with E-state index in [0.717, 1.165) is 16.1 Å². The Morgan fingerprint density at radius 3 is 2.32 bits per heavy atom. The number of amides is 1. The predicted octanol–water partition coefficient (Wildman–Crippen LogP) is 3.62. The van der Waals surface area contributed by atoms with Crippen molar-refractivity contribution in [2.24, 2.45) is 0 Å². The quantitative estimate of drug-likeness (QED) is 0.687. The molecule has 3 aromatic rings. The fraction of sp³-hybridized carbons (Fsp3) is 0.250. The van der Waals surface area contributed by atoms with Gasteiger partial charge in [-0.2, -0.15) is 0 Å². The molecule has 1 amide bonds. The second kappa shape index (κ2) is 8.02. The van der Waals surface area contributed by atoms with Crippen molar-refractivity contribution in [2.75, 3.05) is 11.9 Å². The van der Waals surface area contributed by atoms with Crippen molar-refractivity contribution in [3.8, 4) is 0 Å². The van der Waals surface area contributed by atoms with Gasteiger partial charge in [0.25, 0.3) is 0 Å². The summed E-state index contributed by atoms with van der Waals surface area (Å²) in [5, 5.41) is 12.8. The molecule has 144 valence electrons. The molecule has 1 aromatic heterocycles. The molecule has 0 radical (unpaired) electrons. The van der Waals surface area contributed by atoms with Crippen LogP contribution >= 0.6 is 11.3 Å². The second-order valence-corrected chi connectivity index (χ2v) is 7.74. The van der Waals surface area contributed by atoms with Crippen molar-refractivity contribution in [3.63, 3.8) is 0 Å². The molecule has 1 N–H and O–H groups in total. The number of nitrogens with zero attached hydrogens (tertiary/aromatic N) is 3. The summed E-state index contributed by atoms with van der Waals surface area (Å²) < 4.78 is 26.0. The number of carbonyl (C=O) groups is 1. The Hall–Kier alpha value is -2.87. The maximum absolute atomic E-state index is 13.0. The number of anilines is 1. The standard InChI is InChI=1S/C20H18F2N4OS/c21-15-5-1-13(2-6-15)11-18-24-25-20(28-18)23-17-9-10-26(19(17)27)12-14-3-7-16(22)8-4-14/h1-8,17H,9-12H2,(H,23,25). The van der Waals surface area contributed by atoms with Crippen molar-refractivity contribution in [1.82, 2.24) is 15.1 Å². The first-order valence-electron chi connectivity index (χ1n) is 8.93. The van der Waals surface area contributed by atoms with Gasteiger partial charge in [0, 0.05) is 19.5 Å². The molecular formula is C20H18F2N4OS. The fourth-order valence-electron chi connectivity index (χ4n) is 3.15. The Kier molecular flexibility index (Phi) is 5.29. The Bertz CT molecular complexity index is 959. The van der Waals surface area contributed by atoms with Crippen LogP contribution in [0.5, 0.6) is 0 Å². The molecule has 1 saturated heterocycles. The fourth-order valence-corrected chi connectivity index (χ4v) is 3.98. The molecular weight excluding hydrogens is 382 g/mol. The van der Waals surface area contributed by atoms with E-state index in [1.54, 1.807) is 29.2 Å². The van der Waals surface area contributed by atoms with Gasteiger partial charge in [-0.15, -0.1) is 10.2 Å². The van der Waals surface area contributed by atoms with Crippen molar-refractivity contribution >= 4 is 22.4 Å². The SMILES string of the molecule is O=C1C(Nc2nnc(Cc3ccc(F)cc3)s2)CCN1Cc1ccc(F)cc1. The minimum absolute atomic E-state index is 0.000361. The summed E-state index contributed by atoms with van der Waals surface area (Å²) in [6.07, 6.45) is 1.24. The summed E-state index contributed by atoms with van der Waals surface area (Å²) in [6.45, 7) is 1.10. The van der Waals surface area contributed by atoms with Crippen molar-refractivity contribution in [1.29, 1.82) is 0 Å². The number of aromatic nitrogens is 2. The van der Waals surface area contributed by atoms with E-state index in [4.69, 9.17) is 0 Å². The Morgan fingerprint density at radius 1 is 1.00 bits per heavy atom. The third-order valence-electron chi connectivity index (χ3n) is 4.62. The molecule has 0 bridgehead atoms. The first-order valence-corrected chi connectivity index (χ1v) is 9.75. The third-order valence-corrected chi connectivity index (χ3v) is 5.47. The van der Waals surface area contributed by atoms with Crippen molar-refractivity contribution in [3.05, 3.63) is 76.3 Å². The number of halogens is 2. The first kappa shape index (κ1) is 18.5. The van der Waals surface area contributed by atoms with Gasteiger partial charge in [0.2, 0.25) is 11.0 Å². The number of rotatable bonds is 6. The molecule has 1 aliphatic rings. The molecule has 1 unspecified atom stereocenters. The van der Waals surface area contributed by atoms with Crippen LogP contribution in [-0.2, 0) is 17.8 Å². The summed E-state index contributed by atoms with van der Waals surface area (Å²) >= 11 is 1.39. The van der Waals surface area contributed by atoms with Crippen LogP contribution in [0, 0.1) is 11.6 Å². The van der Waals surface area contributed by atoms with E-state index in [2.05, 4.69) is 15.5 Å². The lowest BCUT2D eigenvalue weighted by molar-refractivity contribution is -0.128. The van der Waals surface area contributed by atoms with Gasteiger partial charge < -0.3 is 10.2 Å². The number of nitrogens with one attached hydrogen (secondary N) is 1. The molecule has 0 aliphatic carbocycles. The summed E-state index contributed by atoms with van der Waals surface area (Å²) in [5.74, 6) is -0.559. The highest BCUT2D eigenvalue weighted by atomic mass is 32.1. The van der Waals surface area contributed by atoms with Gasteiger partial charge in [0.1, 0.15) is 22.7 Å². The third kappa shape index (κ3) is 4.33. The average Bonchev–Trinajstić information content (AvgIpc) is 3.27. The lowest BCUT2D eigenvalue weighted by Crippen LogP contribution is -2.33. The predicted molar refractivity (Wildman–Crippen MR) is 103 cm³/mol. The zero-order chi connectivity index (χ0) is 19.5. The maximum Gasteiger partial charge on any atom is 0.245 e. The minimum atomic E-state index is -0.341. The van der Waals surface area contributed by atoms with Gasteiger partial charge in [0.15, 0.2) is 0 Å². The van der Waals surface area contributed by atoms with Gasteiger partial charge in [0.05, 0.1) is 0 Å². The van der Waals surface area contributed by atoms with E-state index in [1.807, 2.05) is 0 Å². The van der Waals surface area contributed by atoms with Gasteiger partial charge in [-0.1, -0.05) is 35.6 Å². The van der Waals surface area contributed by atoms with Crippen molar-refractivity contribution in [2.45, 2.75) is 25.4 Å². The lowest BCUT2D eigenvalue weighted by Gasteiger charge is -2.17. The highest BCUT2D eigenvalue weighted by Crippen LogP contribution is 2.23. The zero-order valence-electron chi connectivity index (χ0n) is 14.9. The Labute approximate surface area is 165 Å². The van der Waals surface area contributed by atoms with Crippen LogP contribution in [0.25, 0.3) is 0 Å². The Balaban J connectivity index is 1.34. The monoisotopic (exact) mass is 400 g/mol. The molecule has 0 saturated carbocycles. The van der Waals surface area contributed by atoms with E-state index in [-0.39, 0.29) is 23.6 Å². The molecule has 5 nitrogen and oxygen atoms in total. The summed E-state index contributed by atoms with van der Waals surface area (Å²) in [4.78, 5) is 14.4. The number of benzene rings is 2. The van der Waals surface area contributed by atoms with E-state index in [0.29, 0.717) is 31.1 Å². The molecule has 2 heterocycles. The largest absolute Gasteiger partial charge is 0.348 e. The minimum Gasteiger partial charge on any atom is -0.348 e. The first-order chi connectivity index (χ1) is 13.6. The molecule has 2 aromatic carbocycles. The molecule has 1 fully saturated rings. The van der Waals surface area contributed by atoms with Gasteiger partial charge in [-0.05, 0) is 41.8 Å². The number of likely N-dealkylation sites (tertiary alicyclic amines) is 1. The van der Waals surface area contributed by atoms with Crippen molar-refractivity contribution < 1.29 is 13.6 Å². The molecule has 4 rings (SSSR count). The van der Waals surface area contributed by atoms with E-state index >= 15 is 0 Å². The molecule has 1 atom stereocenters. The van der Waals surface area contributed by atoms with Gasteiger partial charge in [-0.25, -0.2) is 8.78 Å². The van der Waals surface area contributed by atoms with Crippen LogP contribution in [0.15, 0.2) is 48.5 Å². The maximum atomic E-state index is 13.0. The molecule has 1 aliphatic heterocycles. The zero-order valence-corrected chi connectivity index (χ0v) is 15.8. The lowest BCUT2D eigenvalue weighted by atomic mass is 10.2. The smallest absolute Gasteiger partial charge is 0.245 e. The topological polar surface area (TPSA) is 58.1 Å². The van der Waals surface area contributed by atoms with E-state index in [9.17, 15) is 13.6 Å². The van der Waals surface area contributed by atoms with Crippen LogP contribution < -0.4 is 5.32 Å². The molecule has 28 heavy (non-hydrogen) atoms. The second-order valence-electron chi connectivity index (χ2n) is 6.68. The van der Waals surface area contributed by atoms with E-state index in [1.165, 1.54) is 35.6 Å². The van der Waals surface area contributed by atoms with Crippen LogP contribution in [-0.4, -0.2) is 33.6 Å². The van der Waals surface area contributed by atoms with Gasteiger partial charge >= 0.3 is 0 Å². The normalized spacial score (nSPS) is 16.6. The van der Waals surface area contributed by atoms with Crippen LogP contribution in [0.4, 0.5) is 13.9 Å². The summed E-state index contributed by atoms with van der Waals surface area (Å²) in [5.41, 5.74) is 1.85. The molecule has 0 spiro atoms. The highest BCUT2D eigenvalue weighted by Gasteiger charge is 2.32. The van der Waals surface area contributed by atoms with Crippen LogP contribution in [0.1, 0.15) is 22.6 Å². The number of hydrogen-bond donors (Lipinski definition) is 1. The number of hydrogen-bond acceptors (Lipinski definition) is 5. The average molecular weight is 400 g/mol. The Morgan fingerprint density at radius 2 is 1.64 bits per heavy atom. The van der Waals surface area contributed by atoms with E-state index < -0.39 is 0 Å². The van der Waals surface area contributed by atoms with Gasteiger partial charge in [-0.3, -0.25) is 4.79 Å². The summed E-state index contributed by atoms with van der Waals surface area (Å²) in [6, 6.07) is 12.1. The summed E-state index contributed by atoms with van der Waals surface area (Å²) in [7, 11) is 0. The van der Waals surface area contributed by atoms with Crippen LogP contribution in [0.3, 0.4) is 0 Å². The number of carbonyl (C=O) groups excluding carboxylic acids is 1. The highest BCUT2D eigenvalue weighted by molar-refractivity contribution is 7.15. The molecule has 8 heteroatoms.